The van der Waals surface area contributed by atoms with Gasteiger partial charge in [0.15, 0.2) is 17.5 Å². The molecule has 0 saturated carbocycles. The van der Waals surface area contributed by atoms with E-state index in [0.29, 0.717) is 37.0 Å². The molecule has 0 bridgehead atoms. The fourth-order valence-corrected chi connectivity index (χ4v) is 3.93. The highest BCUT2D eigenvalue weighted by molar-refractivity contribution is 6.07. The Morgan fingerprint density at radius 3 is 2.55 bits per heavy atom. The first-order valence-electron chi connectivity index (χ1n) is 12.7. The lowest BCUT2D eigenvalue weighted by Crippen LogP contribution is -2.26. The van der Waals surface area contributed by atoms with Gasteiger partial charge in [0, 0.05) is 6.54 Å². The highest BCUT2D eigenvalue weighted by Gasteiger charge is 2.22. The van der Waals surface area contributed by atoms with Gasteiger partial charge in [0.1, 0.15) is 12.4 Å². The number of methoxy groups -OCH3 is 1. The Morgan fingerprint density at radius 1 is 1.07 bits per heavy atom. The molecule has 10 nitrogen and oxygen atoms in total. The number of amides is 1. The first-order valence-corrected chi connectivity index (χ1v) is 12.7. The molecule has 40 heavy (non-hydrogen) atoms. The van der Waals surface area contributed by atoms with Crippen LogP contribution in [0.4, 0.5) is 10.1 Å². The number of halogens is 1. The molecule has 0 radical (unpaired) electrons. The molecule has 0 aliphatic carbocycles. The second-order valence-electron chi connectivity index (χ2n) is 8.47. The van der Waals surface area contributed by atoms with Crippen molar-refractivity contribution in [3.63, 3.8) is 0 Å². The average molecular weight is 548 g/mol. The summed E-state index contributed by atoms with van der Waals surface area (Å²) in [6.45, 7) is 4.59. The van der Waals surface area contributed by atoms with Gasteiger partial charge < -0.3 is 19.5 Å². The molecule has 1 N–H and O–H groups in total. The maximum Gasteiger partial charge on any atom is 0.352 e. The molecule has 4 rings (SSSR count). The molecule has 208 valence electrons. The largest absolute Gasteiger partial charge is 0.501 e. The third-order valence-electron chi connectivity index (χ3n) is 5.87. The summed E-state index contributed by atoms with van der Waals surface area (Å²) in [4.78, 5) is 30.7. The van der Waals surface area contributed by atoms with Crippen molar-refractivity contribution < 1.29 is 23.4 Å². The summed E-state index contributed by atoms with van der Waals surface area (Å²) in [5, 5.41) is 7.03. The molecule has 2 aromatic carbocycles. The van der Waals surface area contributed by atoms with Crippen LogP contribution in [0, 0.1) is 5.82 Å². The molecule has 2 aromatic heterocycles. The predicted octanol–water partition coefficient (Wildman–Crippen LogP) is 4.57. The number of para-hydroxylation sites is 2. The second-order valence-corrected chi connectivity index (χ2v) is 8.47. The van der Waals surface area contributed by atoms with Gasteiger partial charge in [-0.1, -0.05) is 42.5 Å². The Morgan fingerprint density at radius 2 is 1.82 bits per heavy atom. The third-order valence-corrected chi connectivity index (χ3v) is 5.87. The van der Waals surface area contributed by atoms with E-state index in [0.717, 1.165) is 16.3 Å². The van der Waals surface area contributed by atoms with Crippen LogP contribution in [-0.2, 0) is 29.2 Å². The molecule has 0 aliphatic heterocycles. The van der Waals surface area contributed by atoms with E-state index >= 15 is 4.39 Å². The molecule has 0 atom stereocenters. The zero-order chi connectivity index (χ0) is 28.5. The van der Waals surface area contributed by atoms with Crippen LogP contribution in [0.5, 0.6) is 5.75 Å². The van der Waals surface area contributed by atoms with E-state index in [1.807, 2.05) is 30.3 Å². The summed E-state index contributed by atoms with van der Waals surface area (Å²) in [6, 6.07) is 17.4. The molecule has 0 unspecified atom stereocenters. The quantitative estimate of drug-likeness (QED) is 0.259. The van der Waals surface area contributed by atoms with Crippen LogP contribution in [-0.4, -0.2) is 39.0 Å². The number of ether oxygens (including phenoxy) is 3. The number of aromatic nitrogens is 4. The number of nitrogens with one attached hydrogen (secondary N) is 1. The van der Waals surface area contributed by atoms with Crippen LogP contribution in [0.2, 0.25) is 0 Å². The summed E-state index contributed by atoms with van der Waals surface area (Å²) in [7, 11) is 1.48. The Hall–Kier alpha value is -4.77. The van der Waals surface area contributed by atoms with Crippen molar-refractivity contribution in [2.75, 3.05) is 19.0 Å². The first kappa shape index (κ1) is 28.2. The van der Waals surface area contributed by atoms with E-state index in [-0.39, 0.29) is 23.7 Å². The fraction of sp³-hybridized carbons (Fsp3) is 0.241. The van der Waals surface area contributed by atoms with Crippen molar-refractivity contribution >= 4 is 17.7 Å². The zero-order valence-electron chi connectivity index (χ0n) is 22.5. The summed E-state index contributed by atoms with van der Waals surface area (Å²) in [6.07, 6.45) is 2.77. The number of nitrogens with zero attached hydrogens (tertiary/aromatic N) is 4. The van der Waals surface area contributed by atoms with E-state index in [2.05, 4.69) is 15.4 Å². The minimum absolute atomic E-state index is 0.0308. The van der Waals surface area contributed by atoms with Gasteiger partial charge in [0.2, 0.25) is 0 Å². The van der Waals surface area contributed by atoms with Crippen LogP contribution >= 0.6 is 0 Å². The number of benzene rings is 2. The highest BCUT2D eigenvalue weighted by atomic mass is 19.1. The molecule has 11 heteroatoms. The molecule has 0 fully saturated rings. The van der Waals surface area contributed by atoms with Crippen LogP contribution in [0.15, 0.2) is 71.7 Å². The van der Waals surface area contributed by atoms with Crippen molar-refractivity contribution in [2.24, 2.45) is 0 Å². The normalized spacial score (nSPS) is 11.1. The smallest absolute Gasteiger partial charge is 0.352 e. The Bertz CT molecular complexity index is 1550. The molecule has 0 saturated heterocycles. The van der Waals surface area contributed by atoms with Gasteiger partial charge in [-0.2, -0.15) is 4.68 Å². The maximum atomic E-state index is 15.5. The van der Waals surface area contributed by atoms with Gasteiger partial charge in [0.05, 0.1) is 43.5 Å². The number of hydrogen-bond donors (Lipinski definition) is 1. The number of carbonyl (C=O) groups excluding carboxylic acids is 1. The summed E-state index contributed by atoms with van der Waals surface area (Å²) in [5.41, 5.74) is 0.790. The zero-order valence-corrected chi connectivity index (χ0v) is 22.5. The number of carbonyl (C=O) groups is 1. The third kappa shape index (κ3) is 6.44. The molecular weight excluding hydrogens is 517 g/mol. The molecule has 2 heterocycles. The topological polar surface area (TPSA) is 110 Å². The van der Waals surface area contributed by atoms with Crippen molar-refractivity contribution in [2.45, 2.75) is 33.6 Å². The van der Waals surface area contributed by atoms with E-state index in [1.165, 1.54) is 24.0 Å². The fourth-order valence-electron chi connectivity index (χ4n) is 3.93. The minimum Gasteiger partial charge on any atom is -0.501 e. The average Bonchev–Trinajstić information content (AvgIpc) is 3.29. The first-order chi connectivity index (χ1) is 19.5. The SMILES string of the molecule is CCO/C=C/c1nc(-n2nc(COCc3ccccc3)n(CC)c2=O)c(F)cc1C(=O)Nc1ccccc1OC. The van der Waals surface area contributed by atoms with Crippen LogP contribution < -0.4 is 15.7 Å². The van der Waals surface area contributed by atoms with Gasteiger partial charge in [0.25, 0.3) is 5.91 Å². The summed E-state index contributed by atoms with van der Waals surface area (Å²) < 4.78 is 34.1. The molecular formula is C29H30FN5O5. The molecule has 4 aromatic rings. The Kier molecular flexibility index (Phi) is 9.42. The number of hydrogen-bond acceptors (Lipinski definition) is 7. The van der Waals surface area contributed by atoms with Crippen LogP contribution in [0.3, 0.4) is 0 Å². The van der Waals surface area contributed by atoms with Crippen molar-refractivity contribution in [1.29, 1.82) is 0 Å². The Balaban J connectivity index is 1.68. The highest BCUT2D eigenvalue weighted by Crippen LogP contribution is 2.25. The van der Waals surface area contributed by atoms with Gasteiger partial charge in [-0.05, 0) is 43.7 Å². The lowest BCUT2D eigenvalue weighted by Gasteiger charge is -2.12. The molecule has 0 spiro atoms. The number of rotatable bonds is 12. The van der Waals surface area contributed by atoms with E-state index in [4.69, 9.17) is 14.2 Å². The summed E-state index contributed by atoms with van der Waals surface area (Å²) >= 11 is 0. The monoisotopic (exact) mass is 547 g/mol. The standard InChI is InChI=1S/C29H30FN5O5/c1-4-34-26(19-40-18-20-11-7-6-8-12-20)33-35(29(34)37)27-22(30)17-21(23(31-27)15-16-39-5-2)28(36)32-24-13-9-10-14-25(24)38-3/h6-17H,4-5,18-19H2,1-3H3,(H,32,36)/b16-15+. The summed E-state index contributed by atoms with van der Waals surface area (Å²) in [5.74, 6) is -1.13. The van der Waals surface area contributed by atoms with Crippen molar-refractivity contribution in [3.05, 3.63) is 106 Å². The predicted molar refractivity (Wildman–Crippen MR) is 148 cm³/mol. The lowest BCUT2D eigenvalue weighted by atomic mass is 10.1. The minimum atomic E-state index is -0.904. The van der Waals surface area contributed by atoms with Crippen LogP contribution in [0.25, 0.3) is 11.9 Å². The maximum absolute atomic E-state index is 15.5. The van der Waals surface area contributed by atoms with Gasteiger partial charge in [-0.25, -0.2) is 14.2 Å². The van der Waals surface area contributed by atoms with E-state index < -0.39 is 17.4 Å². The van der Waals surface area contributed by atoms with E-state index in [1.54, 1.807) is 38.1 Å². The van der Waals surface area contributed by atoms with Crippen molar-refractivity contribution in [1.82, 2.24) is 19.3 Å². The van der Waals surface area contributed by atoms with Crippen molar-refractivity contribution in [3.8, 4) is 11.6 Å². The van der Waals surface area contributed by atoms with Gasteiger partial charge in [-0.15, -0.1) is 5.10 Å². The number of anilines is 1. The van der Waals surface area contributed by atoms with Crippen LogP contribution in [0.1, 0.15) is 41.3 Å². The second kappa shape index (κ2) is 13.3. The Labute approximate surface area is 230 Å². The molecule has 1 amide bonds. The molecule has 0 aliphatic rings. The number of pyridine rings is 1. The van der Waals surface area contributed by atoms with Gasteiger partial charge >= 0.3 is 5.69 Å². The van der Waals surface area contributed by atoms with E-state index in [9.17, 15) is 9.59 Å². The lowest BCUT2D eigenvalue weighted by molar-refractivity contribution is 0.0989. The van der Waals surface area contributed by atoms with Gasteiger partial charge in [-0.3, -0.25) is 9.36 Å².